The number of hydrogen-bond donors (Lipinski definition) is 3. The largest absolute Gasteiger partial charge is 0.507 e. The molecule has 180 valence electrons. The fourth-order valence-electron chi connectivity index (χ4n) is 4.12. The number of aliphatic carboxylic acids is 1. The molecule has 1 atom stereocenters. The lowest BCUT2D eigenvalue weighted by Crippen LogP contribution is -2.37. The Balaban J connectivity index is 2.12. The van der Waals surface area contributed by atoms with Crippen LogP contribution in [0.25, 0.3) is 10.6 Å². The third kappa shape index (κ3) is 5.36. The van der Waals surface area contributed by atoms with E-state index in [2.05, 4.69) is 17.2 Å². The molecule has 0 spiro atoms. The molecule has 9 heteroatoms. The van der Waals surface area contributed by atoms with Crippen LogP contribution in [0.4, 0.5) is 0 Å². The van der Waals surface area contributed by atoms with Crippen LogP contribution in [0, 0.1) is 6.92 Å². The molecule has 0 saturated heterocycles. The van der Waals surface area contributed by atoms with E-state index >= 15 is 0 Å². The number of nitrogens with one attached hydrogen (secondary N) is 1. The topological polar surface area (TPSA) is 122 Å². The van der Waals surface area contributed by atoms with Crippen LogP contribution in [0.2, 0.25) is 0 Å². The zero-order valence-electron chi connectivity index (χ0n) is 19.5. The SMILES string of the molecule is CCCC(CC)c1c(C)c(O)c(C(=O)NCC(=O)O)c(=O)n1Cc1cnc(-c2ccccc2)s1. The number of hydrogen-bond acceptors (Lipinski definition) is 6. The van der Waals surface area contributed by atoms with Gasteiger partial charge >= 0.3 is 5.97 Å². The molecule has 0 radical (unpaired) electrons. The number of amides is 1. The molecule has 0 aliphatic carbocycles. The number of carbonyl (C=O) groups is 2. The first-order chi connectivity index (χ1) is 16.3. The van der Waals surface area contributed by atoms with Gasteiger partial charge in [0, 0.05) is 27.9 Å². The molecule has 3 aromatic rings. The van der Waals surface area contributed by atoms with Gasteiger partial charge in [0.25, 0.3) is 11.5 Å². The summed E-state index contributed by atoms with van der Waals surface area (Å²) in [6.07, 6.45) is 4.19. The number of aromatic nitrogens is 2. The van der Waals surface area contributed by atoms with E-state index in [0.717, 1.165) is 34.7 Å². The zero-order chi connectivity index (χ0) is 24.8. The van der Waals surface area contributed by atoms with Gasteiger partial charge in [0.2, 0.25) is 0 Å². The fourth-order valence-corrected chi connectivity index (χ4v) is 5.03. The maximum absolute atomic E-state index is 13.5. The fraction of sp³-hybridized carbons (Fsp3) is 0.360. The predicted octanol–water partition coefficient (Wildman–Crippen LogP) is 4.14. The Kier molecular flexibility index (Phi) is 8.22. The number of thiazole rings is 1. The molecule has 0 bridgehead atoms. The molecule has 2 aromatic heterocycles. The van der Waals surface area contributed by atoms with E-state index in [9.17, 15) is 19.5 Å². The van der Waals surface area contributed by atoms with E-state index in [1.807, 2.05) is 37.3 Å². The lowest BCUT2D eigenvalue weighted by molar-refractivity contribution is -0.135. The van der Waals surface area contributed by atoms with Crippen LogP contribution in [-0.2, 0) is 11.3 Å². The molecule has 1 amide bonds. The van der Waals surface area contributed by atoms with Gasteiger partial charge in [-0.15, -0.1) is 11.3 Å². The Morgan fingerprint density at radius 1 is 1.21 bits per heavy atom. The molecule has 3 N–H and O–H groups in total. The number of carbonyl (C=O) groups excluding carboxylic acids is 1. The normalized spacial score (nSPS) is 11.9. The number of pyridine rings is 1. The Hall–Kier alpha value is -3.46. The van der Waals surface area contributed by atoms with Crippen molar-refractivity contribution < 1.29 is 19.8 Å². The monoisotopic (exact) mass is 483 g/mol. The zero-order valence-corrected chi connectivity index (χ0v) is 20.3. The minimum Gasteiger partial charge on any atom is -0.507 e. The van der Waals surface area contributed by atoms with Gasteiger partial charge in [0.1, 0.15) is 22.9 Å². The molecular weight excluding hydrogens is 454 g/mol. The van der Waals surface area contributed by atoms with Crippen molar-refractivity contribution in [2.75, 3.05) is 6.54 Å². The van der Waals surface area contributed by atoms with Crippen LogP contribution in [0.1, 0.15) is 65.5 Å². The number of carboxylic acids is 1. The molecule has 1 unspecified atom stereocenters. The maximum atomic E-state index is 13.5. The summed E-state index contributed by atoms with van der Waals surface area (Å²) in [5, 5.41) is 22.7. The van der Waals surface area contributed by atoms with E-state index < -0.39 is 35.3 Å². The van der Waals surface area contributed by atoms with Gasteiger partial charge in [0.15, 0.2) is 0 Å². The molecule has 3 rings (SSSR count). The standard InChI is InChI=1S/C25H29N3O5S/c1-4-9-16(5-2)21-15(3)22(31)20(23(32)26-13-19(29)30)25(33)28(21)14-18-12-27-24(34-18)17-10-7-6-8-11-17/h6-8,10-12,16,31H,4-5,9,13-14H2,1-3H3,(H,26,32)(H,29,30). The summed E-state index contributed by atoms with van der Waals surface area (Å²) in [5.41, 5.74) is 1.02. The summed E-state index contributed by atoms with van der Waals surface area (Å²) in [6.45, 7) is 5.32. The second-order valence-electron chi connectivity index (χ2n) is 8.09. The Bertz CT molecular complexity index is 1230. The summed E-state index contributed by atoms with van der Waals surface area (Å²) < 4.78 is 1.54. The minimum atomic E-state index is -1.24. The van der Waals surface area contributed by atoms with Crippen molar-refractivity contribution in [2.24, 2.45) is 0 Å². The third-order valence-corrected chi connectivity index (χ3v) is 6.79. The van der Waals surface area contributed by atoms with Gasteiger partial charge in [-0.2, -0.15) is 0 Å². The summed E-state index contributed by atoms with van der Waals surface area (Å²) >= 11 is 1.46. The second kappa shape index (κ2) is 11.1. The van der Waals surface area contributed by atoms with Gasteiger partial charge in [0.05, 0.1) is 6.54 Å². The van der Waals surface area contributed by atoms with E-state index in [4.69, 9.17) is 5.11 Å². The quantitative estimate of drug-likeness (QED) is 0.398. The highest BCUT2D eigenvalue weighted by Gasteiger charge is 2.27. The second-order valence-corrected chi connectivity index (χ2v) is 9.21. The molecule has 8 nitrogen and oxygen atoms in total. The summed E-state index contributed by atoms with van der Waals surface area (Å²) in [7, 11) is 0. The summed E-state index contributed by atoms with van der Waals surface area (Å²) in [5.74, 6) is -2.54. The lowest BCUT2D eigenvalue weighted by atomic mass is 9.91. The predicted molar refractivity (Wildman–Crippen MR) is 132 cm³/mol. The van der Waals surface area contributed by atoms with Crippen LogP contribution in [0.5, 0.6) is 5.75 Å². The lowest BCUT2D eigenvalue weighted by Gasteiger charge is -2.24. The molecule has 0 saturated carbocycles. The Morgan fingerprint density at radius 2 is 1.91 bits per heavy atom. The third-order valence-electron chi connectivity index (χ3n) is 5.76. The number of nitrogens with zero attached hydrogens (tertiary/aromatic N) is 2. The van der Waals surface area contributed by atoms with Crippen molar-refractivity contribution in [3.8, 4) is 16.3 Å². The number of rotatable bonds is 10. The molecule has 2 heterocycles. The van der Waals surface area contributed by atoms with Crippen LogP contribution < -0.4 is 10.9 Å². The van der Waals surface area contributed by atoms with Crippen molar-refractivity contribution in [1.82, 2.24) is 14.9 Å². The average Bonchev–Trinajstić information content (AvgIpc) is 3.29. The van der Waals surface area contributed by atoms with Gasteiger partial charge in [-0.25, -0.2) is 4.98 Å². The van der Waals surface area contributed by atoms with Crippen molar-refractivity contribution >= 4 is 23.2 Å². The molecule has 0 aliphatic rings. The van der Waals surface area contributed by atoms with E-state index in [-0.39, 0.29) is 12.5 Å². The summed E-state index contributed by atoms with van der Waals surface area (Å²) in [4.78, 5) is 42.4. The number of aromatic hydroxyl groups is 1. The van der Waals surface area contributed by atoms with Crippen molar-refractivity contribution in [1.29, 1.82) is 0 Å². The number of benzene rings is 1. The Morgan fingerprint density at radius 3 is 2.53 bits per heavy atom. The van der Waals surface area contributed by atoms with Crippen molar-refractivity contribution in [3.05, 3.63) is 68.6 Å². The van der Waals surface area contributed by atoms with Gasteiger partial charge < -0.3 is 20.1 Å². The van der Waals surface area contributed by atoms with E-state index in [1.54, 1.807) is 13.1 Å². The highest BCUT2D eigenvalue weighted by atomic mass is 32.1. The van der Waals surface area contributed by atoms with E-state index in [0.29, 0.717) is 11.3 Å². The molecular formula is C25H29N3O5S. The molecule has 34 heavy (non-hydrogen) atoms. The van der Waals surface area contributed by atoms with Gasteiger partial charge in [-0.1, -0.05) is 50.6 Å². The molecule has 0 fully saturated rings. The van der Waals surface area contributed by atoms with Crippen LogP contribution in [-0.4, -0.2) is 38.2 Å². The highest BCUT2D eigenvalue weighted by Crippen LogP contribution is 2.33. The number of carboxylic acid groups (broad SMARTS) is 1. The molecule has 1 aromatic carbocycles. The van der Waals surface area contributed by atoms with Crippen molar-refractivity contribution in [2.45, 2.75) is 52.5 Å². The first-order valence-corrected chi connectivity index (χ1v) is 12.1. The van der Waals surface area contributed by atoms with Crippen LogP contribution >= 0.6 is 11.3 Å². The minimum absolute atomic E-state index is 0.0150. The summed E-state index contributed by atoms with van der Waals surface area (Å²) in [6, 6.07) is 9.72. The smallest absolute Gasteiger partial charge is 0.322 e. The van der Waals surface area contributed by atoms with Crippen LogP contribution in [0.15, 0.2) is 41.3 Å². The van der Waals surface area contributed by atoms with Gasteiger partial charge in [-0.3, -0.25) is 14.4 Å². The van der Waals surface area contributed by atoms with Crippen molar-refractivity contribution in [3.63, 3.8) is 0 Å². The first-order valence-electron chi connectivity index (χ1n) is 11.2. The maximum Gasteiger partial charge on any atom is 0.322 e. The van der Waals surface area contributed by atoms with Crippen LogP contribution in [0.3, 0.4) is 0 Å². The average molecular weight is 484 g/mol. The first kappa shape index (κ1) is 25.2. The van der Waals surface area contributed by atoms with Gasteiger partial charge in [-0.05, 0) is 25.7 Å². The Labute approximate surface area is 201 Å². The van der Waals surface area contributed by atoms with E-state index in [1.165, 1.54) is 15.9 Å². The molecule has 0 aliphatic heterocycles. The highest BCUT2D eigenvalue weighted by molar-refractivity contribution is 7.15.